The van der Waals surface area contributed by atoms with E-state index in [2.05, 4.69) is 0 Å². The van der Waals surface area contributed by atoms with Crippen molar-refractivity contribution in [2.24, 2.45) is 5.92 Å². The van der Waals surface area contributed by atoms with Gasteiger partial charge in [-0.2, -0.15) is 0 Å². The zero-order chi connectivity index (χ0) is 5.78. The fourth-order valence-corrected chi connectivity index (χ4v) is 2.16. The molecule has 1 aliphatic heterocycles. The Labute approximate surface area is 56.1 Å². The number of ether oxygens (including phenoxy) is 1. The van der Waals surface area contributed by atoms with E-state index in [1.54, 1.807) is 0 Å². The largest absolute Gasteiger partial charge is 0.448 e. The van der Waals surface area contributed by atoms with Crippen LogP contribution in [0.3, 0.4) is 0 Å². The van der Waals surface area contributed by atoms with Crippen LogP contribution in [0.2, 0.25) is 4.28 Å². The van der Waals surface area contributed by atoms with Gasteiger partial charge < -0.3 is 4.74 Å². The van der Waals surface area contributed by atoms with E-state index in [1.165, 1.54) is 22.7 Å². The molecule has 1 saturated heterocycles. The highest BCUT2D eigenvalue weighted by Crippen LogP contribution is 2.61. The number of nitrogens with two attached hydrogens (primary N) is 1. The van der Waals surface area contributed by atoms with Gasteiger partial charge in [-0.1, -0.05) is 0 Å². The van der Waals surface area contributed by atoms with Crippen LogP contribution >= 0.6 is 0 Å². The summed E-state index contributed by atoms with van der Waals surface area (Å²) in [6, 6.07) is 0. The van der Waals surface area contributed by atoms with Gasteiger partial charge in [0, 0.05) is 4.28 Å². The Balaban J connectivity index is 2.31. The van der Waals surface area contributed by atoms with Crippen LogP contribution in [0.1, 0.15) is 6.42 Å². The Morgan fingerprint density at radius 1 is 1.88 bits per heavy atom. The van der Waals surface area contributed by atoms with Crippen LogP contribution < -0.4 is 5.41 Å². The van der Waals surface area contributed by atoms with Crippen LogP contribution in [0.5, 0.6) is 0 Å². The van der Waals surface area contributed by atoms with Gasteiger partial charge in [0.05, 0.1) is 6.61 Å². The van der Waals surface area contributed by atoms with Gasteiger partial charge in [0.1, 0.15) is 0 Å². The van der Waals surface area contributed by atoms with E-state index in [4.69, 9.17) is 10.1 Å². The van der Waals surface area contributed by atoms with Crippen LogP contribution in [0, 0.1) is 5.92 Å². The highest BCUT2D eigenvalue weighted by Gasteiger charge is 2.62. The molecular formula is C5H9AlNO+. The first-order valence-corrected chi connectivity index (χ1v) is 3.99. The summed E-state index contributed by atoms with van der Waals surface area (Å²) in [7, 11) is 0. The topological polar surface area (TPSA) is 34.8 Å². The van der Waals surface area contributed by atoms with E-state index in [9.17, 15) is 0 Å². The maximum absolute atomic E-state index is 5.58. The van der Waals surface area contributed by atoms with Crippen LogP contribution in [-0.2, 0) is 4.74 Å². The third kappa shape index (κ3) is 0.375. The number of rotatable bonds is 0. The minimum Gasteiger partial charge on any atom is -0.448 e. The molecule has 0 spiro atoms. The molecule has 1 saturated carbocycles. The van der Waals surface area contributed by atoms with E-state index in [1.807, 2.05) is 0 Å². The predicted octanol–water partition coefficient (Wildman–Crippen LogP) is -2.01. The van der Waals surface area contributed by atoms with E-state index >= 15 is 0 Å². The summed E-state index contributed by atoms with van der Waals surface area (Å²) in [6.45, 7) is 0.898. The molecular weight excluding hydrogens is 117 g/mol. The summed E-state index contributed by atoms with van der Waals surface area (Å²) in [6.07, 6.45) is 1.31. The maximum Gasteiger partial charge on any atom is 0.325 e. The van der Waals surface area contributed by atoms with Crippen LogP contribution in [0.25, 0.3) is 0 Å². The Hall–Kier alpha value is 0.00247. The first-order chi connectivity index (χ1) is 3.73. The van der Waals surface area contributed by atoms with E-state index in [-0.39, 0.29) is 0 Å². The summed E-state index contributed by atoms with van der Waals surface area (Å²) in [5, 5.41) is 5.58. The zero-order valence-corrected chi connectivity index (χ0v) is 6.98. The monoisotopic (exact) mass is 126 g/mol. The van der Waals surface area contributed by atoms with Crippen molar-refractivity contribution in [2.45, 2.75) is 10.7 Å². The fraction of sp³-hybridized carbons (Fsp3) is 0.800. The van der Waals surface area contributed by atoms with Gasteiger partial charge >= 0.3 is 5.90 Å². The maximum atomic E-state index is 5.58. The van der Waals surface area contributed by atoms with Gasteiger partial charge in [-0.05, 0) is 12.3 Å². The highest BCUT2D eigenvalue weighted by atomic mass is 27.0. The van der Waals surface area contributed by atoms with Gasteiger partial charge in [0.15, 0.2) is 0 Å². The summed E-state index contributed by atoms with van der Waals surface area (Å²) >= 11 is 1.18. The lowest BCUT2D eigenvalue weighted by Crippen LogP contribution is -2.43. The SMILES string of the molecule is [NH2+]=C1OCC2C[C]12[AlH2]. The molecule has 2 unspecified atom stereocenters. The van der Waals surface area contributed by atoms with Crippen molar-refractivity contribution in [3.05, 3.63) is 0 Å². The molecule has 0 radical (unpaired) electrons. The normalized spacial score (nSPS) is 50.5. The average molecular weight is 126 g/mol. The molecule has 0 amide bonds. The lowest BCUT2D eigenvalue weighted by molar-refractivity contribution is -0.140. The Kier molecular flexibility index (Phi) is 0.678. The zero-order valence-electron chi connectivity index (χ0n) is 4.98. The van der Waals surface area contributed by atoms with Crippen molar-refractivity contribution in [2.75, 3.05) is 6.61 Å². The molecule has 42 valence electrons. The van der Waals surface area contributed by atoms with Crippen molar-refractivity contribution < 1.29 is 10.1 Å². The number of hydrogen-bond donors (Lipinski definition) is 1. The third-order valence-corrected chi connectivity index (χ3v) is 4.13. The van der Waals surface area contributed by atoms with Crippen LogP contribution in [0.4, 0.5) is 0 Å². The lowest BCUT2D eigenvalue weighted by Gasteiger charge is -1.95. The van der Waals surface area contributed by atoms with E-state index < -0.39 is 0 Å². The first-order valence-electron chi connectivity index (χ1n) is 2.99. The Morgan fingerprint density at radius 2 is 2.62 bits per heavy atom. The van der Waals surface area contributed by atoms with Gasteiger partial charge in [-0.15, -0.1) is 0 Å². The van der Waals surface area contributed by atoms with Crippen molar-refractivity contribution in [1.29, 1.82) is 0 Å². The van der Waals surface area contributed by atoms with Gasteiger partial charge in [-0.3, -0.25) is 0 Å². The quantitative estimate of drug-likeness (QED) is 0.374. The average Bonchev–Trinajstić information content (AvgIpc) is 2.31. The Morgan fingerprint density at radius 3 is 2.75 bits per heavy atom. The third-order valence-electron chi connectivity index (χ3n) is 2.41. The second kappa shape index (κ2) is 1.12. The van der Waals surface area contributed by atoms with Crippen molar-refractivity contribution in [1.82, 2.24) is 0 Å². The van der Waals surface area contributed by atoms with Crippen molar-refractivity contribution >= 4 is 22.2 Å². The molecule has 2 nitrogen and oxygen atoms in total. The lowest BCUT2D eigenvalue weighted by atomic mass is 10.3. The molecule has 2 aliphatic rings. The molecule has 0 bridgehead atoms. The van der Waals surface area contributed by atoms with Gasteiger partial charge in [0.25, 0.3) is 0 Å². The summed E-state index contributed by atoms with van der Waals surface area (Å²) in [5.41, 5.74) is 0. The summed E-state index contributed by atoms with van der Waals surface area (Å²) in [4.78, 5) is 0. The molecule has 2 atom stereocenters. The number of hydrogen-bond acceptors (Lipinski definition) is 1. The van der Waals surface area contributed by atoms with Gasteiger partial charge in [0.2, 0.25) is 16.3 Å². The second-order valence-electron chi connectivity index (χ2n) is 2.99. The molecule has 2 N–H and O–H groups in total. The minimum atomic E-state index is 0.431. The molecule has 0 aromatic carbocycles. The van der Waals surface area contributed by atoms with Crippen LogP contribution in [-0.4, -0.2) is 28.8 Å². The smallest absolute Gasteiger partial charge is 0.325 e. The molecule has 1 heterocycles. The molecule has 8 heavy (non-hydrogen) atoms. The van der Waals surface area contributed by atoms with E-state index in [0.717, 1.165) is 18.4 Å². The molecule has 3 heteroatoms. The van der Waals surface area contributed by atoms with Crippen molar-refractivity contribution in [3.63, 3.8) is 0 Å². The molecule has 0 aromatic heterocycles. The molecule has 0 aromatic rings. The molecule has 2 fully saturated rings. The van der Waals surface area contributed by atoms with E-state index in [0.29, 0.717) is 4.28 Å². The summed E-state index contributed by atoms with van der Waals surface area (Å²) in [5.74, 6) is 1.64. The predicted molar refractivity (Wildman–Crippen MR) is 32.2 cm³/mol. The summed E-state index contributed by atoms with van der Waals surface area (Å²) < 4.78 is 5.58. The van der Waals surface area contributed by atoms with Crippen LogP contribution in [0.15, 0.2) is 0 Å². The first kappa shape index (κ1) is 4.84. The van der Waals surface area contributed by atoms with Crippen molar-refractivity contribution in [3.8, 4) is 0 Å². The fourth-order valence-electron chi connectivity index (χ4n) is 1.35. The highest BCUT2D eigenvalue weighted by molar-refractivity contribution is 6.30. The second-order valence-corrected chi connectivity index (χ2v) is 4.78. The Bertz CT molecular complexity index is 157. The van der Waals surface area contributed by atoms with Gasteiger partial charge in [-0.25, -0.2) is 5.41 Å². The standard InChI is InChI=1S/C5H6NO.Al.2H/c6-5-4-1-3(4)2-7-5;;;/h3,6H,1-2H2;;;/p+1. The number of fused-ring (bicyclic) bond motifs is 1. The molecule has 1 aliphatic carbocycles. The minimum absolute atomic E-state index is 0.431. The molecule has 2 rings (SSSR count).